The summed E-state index contributed by atoms with van der Waals surface area (Å²) in [5.74, 6) is -6.25. The predicted molar refractivity (Wildman–Crippen MR) is 133 cm³/mol. The molecule has 3 aromatic carbocycles. The lowest BCUT2D eigenvalue weighted by Gasteiger charge is -2.28. The van der Waals surface area contributed by atoms with E-state index in [0.29, 0.717) is 17.9 Å². The number of methoxy groups -OCH3 is 1. The molecule has 202 valence electrons. The molecule has 0 heterocycles. The van der Waals surface area contributed by atoms with Crippen molar-refractivity contribution in [1.82, 2.24) is 0 Å². The second kappa shape index (κ2) is 11.5. The minimum Gasteiger partial charge on any atom is -0.494 e. The van der Waals surface area contributed by atoms with Gasteiger partial charge in [0.25, 0.3) is 0 Å². The van der Waals surface area contributed by atoms with Crippen LogP contribution in [0.1, 0.15) is 56.1 Å². The van der Waals surface area contributed by atoms with Gasteiger partial charge in [0.05, 0.1) is 7.11 Å². The summed E-state index contributed by atoms with van der Waals surface area (Å²) in [6.45, 7) is 2.00. The van der Waals surface area contributed by atoms with Gasteiger partial charge in [0, 0.05) is 11.1 Å². The van der Waals surface area contributed by atoms with Gasteiger partial charge in [0.1, 0.15) is 11.3 Å². The second-order valence-electron chi connectivity index (χ2n) is 9.44. The Labute approximate surface area is 217 Å². The first-order chi connectivity index (χ1) is 18.2. The van der Waals surface area contributed by atoms with Gasteiger partial charge < -0.3 is 9.47 Å². The molecule has 0 atom stereocenters. The number of hydrogen-bond acceptors (Lipinski definition) is 2. The van der Waals surface area contributed by atoms with E-state index in [2.05, 4.69) is 16.9 Å². The quantitative estimate of drug-likeness (QED) is 0.212. The van der Waals surface area contributed by atoms with Gasteiger partial charge in [-0.25, -0.2) is 13.2 Å². The van der Waals surface area contributed by atoms with Crippen LogP contribution in [0.4, 0.5) is 26.3 Å². The zero-order valence-corrected chi connectivity index (χ0v) is 21.0. The number of allylic oxidation sites excluding steroid dienone is 2. The third-order valence-electron chi connectivity index (χ3n) is 7.10. The van der Waals surface area contributed by atoms with E-state index in [-0.39, 0.29) is 5.75 Å². The molecule has 2 nitrogen and oxygen atoms in total. The highest BCUT2D eigenvalue weighted by molar-refractivity contribution is 5.66. The van der Waals surface area contributed by atoms with Gasteiger partial charge in [-0.1, -0.05) is 30.4 Å². The van der Waals surface area contributed by atoms with E-state index in [1.807, 2.05) is 6.92 Å². The fourth-order valence-corrected chi connectivity index (χ4v) is 4.95. The Balaban J connectivity index is 1.49. The second-order valence-corrected chi connectivity index (χ2v) is 9.44. The van der Waals surface area contributed by atoms with E-state index in [4.69, 9.17) is 4.74 Å². The van der Waals surface area contributed by atoms with Crippen molar-refractivity contribution >= 4 is 0 Å². The molecule has 38 heavy (non-hydrogen) atoms. The highest BCUT2D eigenvalue weighted by Gasteiger charge is 2.39. The Bertz CT molecular complexity index is 1300. The zero-order chi connectivity index (χ0) is 27.4. The van der Waals surface area contributed by atoms with Crippen LogP contribution in [0.15, 0.2) is 60.7 Å². The monoisotopic (exact) mass is 534 g/mol. The maximum atomic E-state index is 14.9. The van der Waals surface area contributed by atoms with Gasteiger partial charge >= 0.3 is 6.11 Å². The topological polar surface area (TPSA) is 18.5 Å². The van der Waals surface area contributed by atoms with E-state index in [1.54, 1.807) is 12.1 Å². The fraction of sp³-hybridized carbons (Fsp3) is 0.333. The van der Waals surface area contributed by atoms with E-state index in [1.165, 1.54) is 12.1 Å². The molecule has 1 aliphatic carbocycles. The number of rotatable bonds is 8. The van der Waals surface area contributed by atoms with Crippen LogP contribution < -0.4 is 9.47 Å². The predicted octanol–water partition coefficient (Wildman–Crippen LogP) is 9.29. The summed E-state index contributed by atoms with van der Waals surface area (Å²) < 4.78 is 97.1. The van der Waals surface area contributed by atoms with Crippen LogP contribution in [-0.4, -0.2) is 7.11 Å². The summed E-state index contributed by atoms with van der Waals surface area (Å²) in [5, 5.41) is 0. The van der Waals surface area contributed by atoms with Gasteiger partial charge in [0.2, 0.25) is 5.82 Å². The van der Waals surface area contributed by atoms with Crippen LogP contribution >= 0.6 is 0 Å². The number of benzene rings is 3. The van der Waals surface area contributed by atoms with Crippen LogP contribution in [0, 0.1) is 29.2 Å². The summed E-state index contributed by atoms with van der Waals surface area (Å²) >= 11 is 0. The molecule has 0 aliphatic heterocycles. The molecule has 0 aromatic heterocycles. The minimum absolute atomic E-state index is 0.215. The van der Waals surface area contributed by atoms with Crippen LogP contribution in [-0.2, 0) is 6.11 Å². The van der Waals surface area contributed by atoms with Crippen molar-refractivity contribution in [2.45, 2.75) is 51.1 Å². The maximum absolute atomic E-state index is 14.9. The van der Waals surface area contributed by atoms with Crippen LogP contribution in [0.2, 0.25) is 0 Å². The van der Waals surface area contributed by atoms with E-state index in [0.717, 1.165) is 63.0 Å². The Kier molecular flexibility index (Phi) is 8.38. The third-order valence-corrected chi connectivity index (χ3v) is 7.10. The average Bonchev–Trinajstić information content (AvgIpc) is 2.91. The van der Waals surface area contributed by atoms with Gasteiger partial charge in [0.15, 0.2) is 23.2 Å². The van der Waals surface area contributed by atoms with E-state index >= 15 is 0 Å². The van der Waals surface area contributed by atoms with Gasteiger partial charge in [-0.3, -0.25) is 0 Å². The number of halogens is 6. The molecule has 0 N–H and O–H groups in total. The van der Waals surface area contributed by atoms with Crippen molar-refractivity contribution < 1.29 is 35.8 Å². The lowest BCUT2D eigenvalue weighted by molar-refractivity contribution is -0.187. The molecule has 1 saturated carbocycles. The summed E-state index contributed by atoms with van der Waals surface area (Å²) in [4.78, 5) is 0. The molecule has 0 bridgehead atoms. The van der Waals surface area contributed by atoms with Crippen molar-refractivity contribution in [3.63, 3.8) is 0 Å². The first-order valence-electron chi connectivity index (χ1n) is 12.4. The first-order valence-corrected chi connectivity index (χ1v) is 12.4. The lowest BCUT2D eigenvalue weighted by Crippen LogP contribution is -2.24. The molecule has 0 amide bonds. The van der Waals surface area contributed by atoms with Gasteiger partial charge in [-0.2, -0.15) is 13.2 Å². The molecule has 3 aromatic rings. The largest absolute Gasteiger partial charge is 0.494 e. The Morgan fingerprint density at radius 2 is 1.39 bits per heavy atom. The van der Waals surface area contributed by atoms with Gasteiger partial charge in [-0.05, 0) is 86.8 Å². The molecule has 1 fully saturated rings. The van der Waals surface area contributed by atoms with E-state index < -0.39 is 51.8 Å². The zero-order valence-electron chi connectivity index (χ0n) is 21.0. The Morgan fingerprint density at radius 3 is 2.00 bits per heavy atom. The molecule has 0 spiro atoms. The minimum atomic E-state index is -4.22. The molecular weight excluding hydrogens is 506 g/mol. The van der Waals surface area contributed by atoms with Crippen molar-refractivity contribution in [3.05, 3.63) is 95.1 Å². The molecule has 1 aliphatic rings. The SMILES string of the molecule is C/C=C\CC1CCC(c2ccc(OC(F)(F)c3ccc(-c4ccc(OC)c(F)c4F)c(F)c3F)cc2)CC1. The number of ether oxygens (including phenoxy) is 2. The molecular formula is C30H28F6O2. The smallest absolute Gasteiger partial charge is 0.429 e. The van der Waals surface area contributed by atoms with Crippen molar-refractivity contribution in [1.29, 1.82) is 0 Å². The molecule has 0 saturated heterocycles. The van der Waals surface area contributed by atoms with Crippen molar-refractivity contribution in [2.24, 2.45) is 5.92 Å². The van der Waals surface area contributed by atoms with Gasteiger partial charge in [-0.15, -0.1) is 0 Å². The van der Waals surface area contributed by atoms with Crippen molar-refractivity contribution in [3.8, 4) is 22.6 Å². The standard InChI is InChI=1S/C30H28F6O2/c1-3-4-5-18-6-8-19(9-7-18)20-10-12-21(13-11-20)38-30(35,36)24-16-14-22(26(31)28(24)33)23-15-17-25(37-2)29(34)27(23)32/h3-4,10-19H,5-9H2,1-2H3/b4-3-. The van der Waals surface area contributed by atoms with Crippen LogP contribution in [0.3, 0.4) is 0 Å². The normalized spacial score (nSPS) is 18.1. The first kappa shape index (κ1) is 27.6. The lowest BCUT2D eigenvalue weighted by atomic mass is 9.77. The Hall–Kier alpha value is -3.42. The Morgan fingerprint density at radius 1 is 0.789 bits per heavy atom. The summed E-state index contributed by atoms with van der Waals surface area (Å²) in [6.07, 6.45) is 5.28. The average molecular weight is 535 g/mol. The number of hydrogen-bond donors (Lipinski definition) is 0. The van der Waals surface area contributed by atoms with Crippen LogP contribution in [0.5, 0.6) is 11.5 Å². The third kappa shape index (κ3) is 5.69. The molecule has 0 radical (unpaired) electrons. The summed E-state index contributed by atoms with van der Waals surface area (Å²) in [5.41, 5.74) is -1.70. The molecule has 8 heteroatoms. The van der Waals surface area contributed by atoms with Crippen molar-refractivity contribution in [2.75, 3.05) is 7.11 Å². The molecule has 0 unspecified atom stereocenters. The highest BCUT2D eigenvalue weighted by atomic mass is 19.3. The van der Waals surface area contributed by atoms with E-state index in [9.17, 15) is 26.3 Å². The maximum Gasteiger partial charge on any atom is 0.429 e. The van der Waals surface area contributed by atoms with Crippen LogP contribution in [0.25, 0.3) is 11.1 Å². The molecule has 4 rings (SSSR count). The summed E-state index contributed by atoms with van der Waals surface area (Å²) in [6, 6.07) is 9.53. The number of alkyl halides is 2. The fourth-order valence-electron chi connectivity index (χ4n) is 4.95. The highest BCUT2D eigenvalue weighted by Crippen LogP contribution is 2.40. The summed E-state index contributed by atoms with van der Waals surface area (Å²) in [7, 11) is 1.11.